The fourth-order valence-electron chi connectivity index (χ4n) is 4.10. The molecule has 3 aromatic rings. The summed E-state index contributed by atoms with van der Waals surface area (Å²) in [5.74, 6) is 0.249. The SMILES string of the molecule is Cc1c(C(=O)C[NH+]2CCN(c3ccc(Cl)cc3)CC2)c2ccccc2n1C. The number of fused-ring (bicyclic) bond motifs is 1. The molecule has 2 heterocycles. The van der Waals surface area contributed by atoms with E-state index in [1.165, 1.54) is 10.6 Å². The smallest absolute Gasteiger partial charge is 0.219 e. The molecule has 4 rings (SSSR count). The van der Waals surface area contributed by atoms with Crippen LogP contribution in [0.3, 0.4) is 0 Å². The van der Waals surface area contributed by atoms with Crippen LogP contribution in [0.2, 0.25) is 5.02 Å². The molecule has 1 aromatic heterocycles. The number of piperazine rings is 1. The number of quaternary nitrogens is 1. The Morgan fingerprint density at radius 2 is 1.74 bits per heavy atom. The molecule has 1 aliphatic rings. The van der Waals surface area contributed by atoms with Crippen LogP contribution in [0.1, 0.15) is 16.1 Å². The highest BCUT2D eigenvalue weighted by Crippen LogP contribution is 2.25. The summed E-state index contributed by atoms with van der Waals surface area (Å²) in [4.78, 5) is 16.8. The van der Waals surface area contributed by atoms with Gasteiger partial charge in [-0.05, 0) is 37.3 Å². The van der Waals surface area contributed by atoms with Crippen molar-refractivity contribution in [3.8, 4) is 0 Å². The Balaban J connectivity index is 1.44. The quantitative estimate of drug-likeness (QED) is 0.703. The number of carbonyl (C=O) groups excluding carboxylic acids is 1. The van der Waals surface area contributed by atoms with Gasteiger partial charge >= 0.3 is 0 Å². The van der Waals surface area contributed by atoms with Gasteiger partial charge in [0.1, 0.15) is 6.54 Å². The van der Waals surface area contributed by atoms with Crippen molar-refractivity contribution in [2.45, 2.75) is 6.92 Å². The largest absolute Gasteiger partial charge is 0.360 e. The Morgan fingerprint density at radius 1 is 1.07 bits per heavy atom. The van der Waals surface area contributed by atoms with Crippen molar-refractivity contribution >= 4 is 34.0 Å². The third-order valence-corrected chi connectivity index (χ3v) is 6.00. The molecule has 1 N–H and O–H groups in total. The third-order valence-electron chi connectivity index (χ3n) is 5.75. The first-order valence-electron chi connectivity index (χ1n) is 9.46. The Labute approximate surface area is 164 Å². The van der Waals surface area contributed by atoms with Gasteiger partial charge in [-0.1, -0.05) is 29.8 Å². The Hall–Kier alpha value is -2.30. The number of anilines is 1. The van der Waals surface area contributed by atoms with Crippen LogP contribution >= 0.6 is 11.6 Å². The second-order valence-electron chi connectivity index (χ2n) is 7.35. The number of carbonyl (C=O) groups is 1. The van der Waals surface area contributed by atoms with Gasteiger partial charge in [0.2, 0.25) is 5.78 Å². The summed E-state index contributed by atoms with van der Waals surface area (Å²) >= 11 is 5.98. The highest BCUT2D eigenvalue weighted by Gasteiger charge is 2.26. The van der Waals surface area contributed by atoms with Gasteiger partial charge in [0.25, 0.3) is 0 Å². The first kappa shape index (κ1) is 18.1. The molecule has 1 aliphatic heterocycles. The van der Waals surface area contributed by atoms with Crippen molar-refractivity contribution in [1.82, 2.24) is 4.57 Å². The average molecular weight is 383 g/mol. The van der Waals surface area contributed by atoms with Crippen LogP contribution in [0.4, 0.5) is 5.69 Å². The van der Waals surface area contributed by atoms with E-state index < -0.39 is 0 Å². The van der Waals surface area contributed by atoms with Crippen molar-refractivity contribution in [3.63, 3.8) is 0 Å². The molecule has 27 heavy (non-hydrogen) atoms. The molecule has 0 radical (unpaired) electrons. The first-order valence-corrected chi connectivity index (χ1v) is 9.83. The minimum Gasteiger partial charge on any atom is -0.360 e. The predicted octanol–water partition coefficient (Wildman–Crippen LogP) is 2.73. The number of hydrogen-bond donors (Lipinski definition) is 1. The molecule has 1 fully saturated rings. The maximum atomic E-state index is 13.1. The van der Waals surface area contributed by atoms with Gasteiger partial charge in [-0.2, -0.15) is 0 Å². The lowest BCUT2D eigenvalue weighted by Gasteiger charge is -2.33. The number of aryl methyl sites for hydroxylation is 1. The summed E-state index contributed by atoms with van der Waals surface area (Å²) in [7, 11) is 2.03. The summed E-state index contributed by atoms with van der Waals surface area (Å²) in [6.45, 7) is 6.46. The molecule has 0 aliphatic carbocycles. The molecule has 4 nitrogen and oxygen atoms in total. The minimum atomic E-state index is 0.249. The monoisotopic (exact) mass is 382 g/mol. The summed E-state index contributed by atoms with van der Waals surface area (Å²) < 4.78 is 2.12. The van der Waals surface area contributed by atoms with Crippen LogP contribution in [0.5, 0.6) is 0 Å². The Bertz CT molecular complexity index is 969. The van der Waals surface area contributed by atoms with E-state index in [0.29, 0.717) is 6.54 Å². The lowest BCUT2D eigenvalue weighted by atomic mass is 10.1. The van der Waals surface area contributed by atoms with E-state index in [1.807, 2.05) is 38.2 Å². The number of rotatable bonds is 4. The lowest BCUT2D eigenvalue weighted by Crippen LogP contribution is -3.15. The molecule has 0 amide bonds. The Kier molecular flexibility index (Phi) is 4.94. The van der Waals surface area contributed by atoms with Gasteiger partial charge in [-0.25, -0.2) is 0 Å². The summed E-state index contributed by atoms with van der Waals surface area (Å²) in [6.07, 6.45) is 0. The van der Waals surface area contributed by atoms with Gasteiger partial charge in [0.05, 0.1) is 31.7 Å². The van der Waals surface area contributed by atoms with Gasteiger partial charge in [0.15, 0.2) is 0 Å². The molecule has 0 bridgehead atoms. The number of Topliss-reactive ketones (excluding diaryl/α,β-unsaturated/α-hetero) is 1. The maximum Gasteiger partial charge on any atom is 0.219 e. The number of nitrogens with one attached hydrogen (secondary N) is 1. The van der Waals surface area contributed by atoms with E-state index >= 15 is 0 Å². The number of halogens is 1. The molecule has 1 saturated heterocycles. The van der Waals surface area contributed by atoms with E-state index in [4.69, 9.17) is 11.6 Å². The zero-order chi connectivity index (χ0) is 19.0. The Morgan fingerprint density at radius 3 is 2.44 bits per heavy atom. The van der Waals surface area contributed by atoms with E-state index in [1.54, 1.807) is 0 Å². The molecule has 0 saturated carbocycles. The van der Waals surface area contributed by atoms with Crippen LogP contribution < -0.4 is 9.80 Å². The molecule has 0 atom stereocenters. The van der Waals surface area contributed by atoms with Crippen molar-refractivity contribution in [2.75, 3.05) is 37.6 Å². The highest BCUT2D eigenvalue weighted by molar-refractivity contribution is 6.30. The fourth-order valence-corrected chi connectivity index (χ4v) is 4.22. The normalized spacial score (nSPS) is 15.4. The summed E-state index contributed by atoms with van der Waals surface area (Å²) in [5.41, 5.74) is 4.27. The van der Waals surface area contributed by atoms with Gasteiger partial charge < -0.3 is 14.4 Å². The first-order chi connectivity index (χ1) is 13.0. The van der Waals surface area contributed by atoms with Crippen LogP contribution in [0.25, 0.3) is 10.9 Å². The number of aromatic nitrogens is 1. The van der Waals surface area contributed by atoms with Crippen LogP contribution in [0, 0.1) is 6.92 Å². The molecule has 5 heteroatoms. The minimum absolute atomic E-state index is 0.249. The van der Waals surface area contributed by atoms with E-state index in [-0.39, 0.29) is 5.78 Å². The molecular weight excluding hydrogens is 358 g/mol. The van der Waals surface area contributed by atoms with Crippen molar-refractivity contribution in [2.24, 2.45) is 7.05 Å². The average Bonchev–Trinajstić information content (AvgIpc) is 2.94. The number of ketones is 1. The van der Waals surface area contributed by atoms with Gasteiger partial charge in [-0.15, -0.1) is 0 Å². The van der Waals surface area contributed by atoms with E-state index in [9.17, 15) is 4.79 Å². The molecular formula is C22H25ClN3O+. The zero-order valence-electron chi connectivity index (χ0n) is 15.8. The fraction of sp³-hybridized carbons (Fsp3) is 0.318. The van der Waals surface area contributed by atoms with Crippen molar-refractivity contribution in [3.05, 3.63) is 64.8 Å². The van der Waals surface area contributed by atoms with Crippen LogP contribution in [-0.4, -0.2) is 43.1 Å². The number of hydrogen-bond acceptors (Lipinski definition) is 2. The highest BCUT2D eigenvalue weighted by atomic mass is 35.5. The van der Waals surface area contributed by atoms with Crippen molar-refractivity contribution < 1.29 is 9.69 Å². The van der Waals surface area contributed by atoms with Gasteiger partial charge in [0, 0.05) is 34.4 Å². The van der Waals surface area contributed by atoms with Crippen LogP contribution in [-0.2, 0) is 7.05 Å². The zero-order valence-corrected chi connectivity index (χ0v) is 16.6. The number of para-hydroxylation sites is 1. The predicted molar refractivity (Wildman–Crippen MR) is 111 cm³/mol. The summed E-state index contributed by atoms with van der Waals surface area (Å²) in [6, 6.07) is 16.2. The molecule has 2 aromatic carbocycles. The second kappa shape index (κ2) is 7.37. The molecule has 0 unspecified atom stereocenters. The molecule has 140 valence electrons. The number of nitrogens with zero attached hydrogens (tertiary/aromatic N) is 2. The van der Waals surface area contributed by atoms with Crippen molar-refractivity contribution in [1.29, 1.82) is 0 Å². The molecule has 0 spiro atoms. The second-order valence-corrected chi connectivity index (χ2v) is 7.79. The summed E-state index contributed by atoms with van der Waals surface area (Å²) in [5, 5.41) is 1.83. The standard InChI is InChI=1S/C22H24ClN3O/c1-16-22(19-5-3-4-6-20(19)24(16)2)21(27)15-25-11-13-26(14-12-25)18-9-7-17(23)8-10-18/h3-10H,11-15H2,1-2H3/p+1. The number of benzene rings is 2. The van der Waals surface area contributed by atoms with E-state index in [2.05, 4.69) is 33.7 Å². The third kappa shape index (κ3) is 3.47. The van der Waals surface area contributed by atoms with E-state index in [0.717, 1.165) is 53.4 Å². The lowest BCUT2D eigenvalue weighted by molar-refractivity contribution is -0.892. The maximum absolute atomic E-state index is 13.1. The van der Waals surface area contributed by atoms with Crippen LogP contribution in [0.15, 0.2) is 48.5 Å². The topological polar surface area (TPSA) is 29.7 Å². The van der Waals surface area contributed by atoms with Gasteiger partial charge in [-0.3, -0.25) is 4.79 Å².